The maximum absolute atomic E-state index is 12.3. The molecule has 0 aromatic heterocycles. The first-order chi connectivity index (χ1) is 9.31. The topological polar surface area (TPSA) is 32.3 Å². The molecule has 20 heavy (non-hydrogen) atoms. The molecule has 2 unspecified atom stereocenters. The van der Waals surface area contributed by atoms with Crippen LogP contribution in [0.2, 0.25) is 0 Å². The van der Waals surface area contributed by atoms with Crippen molar-refractivity contribution in [1.29, 1.82) is 0 Å². The minimum Gasteiger partial charge on any atom is -0.341 e. The highest BCUT2D eigenvalue weighted by Crippen LogP contribution is 2.25. The van der Waals surface area contributed by atoms with E-state index in [1.807, 2.05) is 13.8 Å². The molecule has 1 fully saturated rings. The molecule has 1 N–H and O–H groups in total. The highest BCUT2D eigenvalue weighted by molar-refractivity contribution is 5.78. The lowest BCUT2D eigenvalue weighted by Gasteiger charge is -2.40. The summed E-state index contributed by atoms with van der Waals surface area (Å²) in [5, 5.41) is 3.67. The van der Waals surface area contributed by atoms with Crippen LogP contribution in [0, 0.1) is 23.7 Å². The van der Waals surface area contributed by atoms with E-state index in [1.54, 1.807) is 0 Å². The van der Waals surface area contributed by atoms with Gasteiger partial charge in [0.1, 0.15) is 0 Å². The maximum atomic E-state index is 12.3. The Morgan fingerprint density at radius 3 is 2.30 bits per heavy atom. The molecule has 118 valence electrons. The zero-order valence-electron chi connectivity index (χ0n) is 14.3. The Morgan fingerprint density at radius 1 is 1.15 bits per heavy atom. The second-order valence-electron chi connectivity index (χ2n) is 7.47. The van der Waals surface area contributed by atoms with Crippen LogP contribution >= 0.6 is 0 Å². The molecule has 0 aliphatic carbocycles. The monoisotopic (exact) mass is 282 g/mol. The summed E-state index contributed by atoms with van der Waals surface area (Å²) >= 11 is 0. The summed E-state index contributed by atoms with van der Waals surface area (Å²) in [5.41, 5.74) is 0. The number of piperidine rings is 1. The van der Waals surface area contributed by atoms with Gasteiger partial charge in [0.15, 0.2) is 0 Å². The molecule has 0 aromatic carbocycles. The van der Waals surface area contributed by atoms with Gasteiger partial charge in [-0.25, -0.2) is 0 Å². The zero-order chi connectivity index (χ0) is 15.3. The summed E-state index contributed by atoms with van der Waals surface area (Å²) in [5.74, 6) is 2.43. The molecule has 2 atom stereocenters. The van der Waals surface area contributed by atoms with Crippen LogP contribution in [0.4, 0.5) is 0 Å². The van der Waals surface area contributed by atoms with E-state index in [4.69, 9.17) is 0 Å². The number of hydrogen-bond donors (Lipinski definition) is 1. The second kappa shape index (κ2) is 8.02. The summed E-state index contributed by atoms with van der Waals surface area (Å²) in [6, 6.07) is 0.470. The number of nitrogens with zero attached hydrogens (tertiary/aromatic N) is 1. The fraction of sp³-hybridized carbons (Fsp3) is 0.941. The third-order valence-electron chi connectivity index (χ3n) is 4.39. The van der Waals surface area contributed by atoms with Crippen molar-refractivity contribution in [1.82, 2.24) is 10.2 Å². The predicted molar refractivity (Wildman–Crippen MR) is 85.6 cm³/mol. The van der Waals surface area contributed by atoms with Crippen molar-refractivity contribution in [3.8, 4) is 0 Å². The first-order valence-corrected chi connectivity index (χ1v) is 8.33. The van der Waals surface area contributed by atoms with Gasteiger partial charge in [0, 0.05) is 25.0 Å². The van der Waals surface area contributed by atoms with E-state index in [0.717, 1.165) is 25.6 Å². The molecule has 1 rings (SSSR count). The van der Waals surface area contributed by atoms with E-state index in [0.29, 0.717) is 23.8 Å². The fourth-order valence-corrected chi connectivity index (χ4v) is 2.89. The van der Waals surface area contributed by atoms with Gasteiger partial charge in [-0.1, -0.05) is 41.5 Å². The SMILES string of the molecule is CC(C)CCNC1CC(C(C)C)CN(C(=O)C(C)C)C1. The third kappa shape index (κ3) is 5.43. The zero-order valence-corrected chi connectivity index (χ0v) is 14.3. The number of carbonyl (C=O) groups excluding carboxylic acids is 1. The number of rotatable bonds is 6. The highest BCUT2D eigenvalue weighted by Gasteiger charge is 2.31. The standard InChI is InChI=1S/C17H34N2O/c1-12(2)7-8-18-16-9-15(13(3)4)10-19(11-16)17(20)14(5)6/h12-16,18H,7-11H2,1-6H3. The summed E-state index contributed by atoms with van der Waals surface area (Å²) < 4.78 is 0. The van der Waals surface area contributed by atoms with E-state index < -0.39 is 0 Å². The Morgan fingerprint density at radius 2 is 1.80 bits per heavy atom. The van der Waals surface area contributed by atoms with Gasteiger partial charge in [0.25, 0.3) is 0 Å². The van der Waals surface area contributed by atoms with Gasteiger partial charge < -0.3 is 10.2 Å². The van der Waals surface area contributed by atoms with Gasteiger partial charge in [-0.3, -0.25) is 4.79 Å². The van der Waals surface area contributed by atoms with Crippen LogP contribution in [0.25, 0.3) is 0 Å². The summed E-state index contributed by atoms with van der Waals surface area (Å²) in [4.78, 5) is 14.4. The van der Waals surface area contributed by atoms with E-state index in [1.165, 1.54) is 12.8 Å². The van der Waals surface area contributed by atoms with Gasteiger partial charge in [-0.05, 0) is 37.1 Å². The minimum atomic E-state index is 0.109. The summed E-state index contributed by atoms with van der Waals surface area (Å²) in [7, 11) is 0. The largest absolute Gasteiger partial charge is 0.341 e. The van der Waals surface area contributed by atoms with Crippen LogP contribution in [-0.2, 0) is 4.79 Å². The van der Waals surface area contributed by atoms with Crippen LogP contribution < -0.4 is 5.32 Å². The Kier molecular flexibility index (Phi) is 7.01. The van der Waals surface area contributed by atoms with E-state index in [2.05, 4.69) is 37.9 Å². The minimum absolute atomic E-state index is 0.109. The van der Waals surface area contributed by atoms with Crippen molar-refractivity contribution >= 4 is 5.91 Å². The van der Waals surface area contributed by atoms with Crippen LogP contribution in [0.5, 0.6) is 0 Å². The molecule has 3 nitrogen and oxygen atoms in total. The third-order valence-corrected chi connectivity index (χ3v) is 4.39. The predicted octanol–water partition coefficient (Wildman–Crippen LogP) is 3.15. The van der Waals surface area contributed by atoms with E-state index >= 15 is 0 Å². The molecule has 0 aromatic rings. The van der Waals surface area contributed by atoms with Gasteiger partial charge in [-0.2, -0.15) is 0 Å². The lowest BCUT2D eigenvalue weighted by Crippen LogP contribution is -2.53. The summed E-state index contributed by atoms with van der Waals surface area (Å²) in [6.07, 6.45) is 2.42. The molecule has 3 heteroatoms. The number of likely N-dealkylation sites (tertiary alicyclic amines) is 1. The molecule has 0 radical (unpaired) electrons. The molecular weight excluding hydrogens is 248 g/mol. The molecule has 1 aliphatic rings. The molecule has 0 spiro atoms. The molecule has 0 bridgehead atoms. The Bertz CT molecular complexity index is 299. The van der Waals surface area contributed by atoms with Gasteiger partial charge in [0.05, 0.1) is 0 Å². The lowest BCUT2D eigenvalue weighted by molar-refractivity contribution is -0.137. The van der Waals surface area contributed by atoms with Crippen LogP contribution in [-0.4, -0.2) is 36.5 Å². The van der Waals surface area contributed by atoms with Gasteiger partial charge >= 0.3 is 0 Å². The quantitative estimate of drug-likeness (QED) is 0.811. The fourth-order valence-electron chi connectivity index (χ4n) is 2.89. The Hall–Kier alpha value is -0.570. The normalized spacial score (nSPS) is 23.9. The Balaban J connectivity index is 2.58. The first kappa shape index (κ1) is 17.5. The lowest BCUT2D eigenvalue weighted by atomic mass is 9.85. The average Bonchev–Trinajstić information content (AvgIpc) is 2.36. The van der Waals surface area contributed by atoms with Gasteiger partial charge in [-0.15, -0.1) is 0 Å². The molecule has 1 heterocycles. The van der Waals surface area contributed by atoms with Crippen molar-refractivity contribution in [3.63, 3.8) is 0 Å². The van der Waals surface area contributed by atoms with Crippen LogP contribution in [0.3, 0.4) is 0 Å². The van der Waals surface area contributed by atoms with Crippen molar-refractivity contribution in [2.45, 2.75) is 60.4 Å². The summed E-state index contributed by atoms with van der Waals surface area (Å²) in [6.45, 7) is 16.0. The molecule has 1 aliphatic heterocycles. The van der Waals surface area contributed by atoms with Crippen molar-refractivity contribution < 1.29 is 4.79 Å². The highest BCUT2D eigenvalue weighted by atomic mass is 16.2. The van der Waals surface area contributed by atoms with Crippen molar-refractivity contribution in [3.05, 3.63) is 0 Å². The van der Waals surface area contributed by atoms with Crippen molar-refractivity contribution in [2.24, 2.45) is 23.7 Å². The molecule has 1 amide bonds. The smallest absolute Gasteiger partial charge is 0.225 e. The maximum Gasteiger partial charge on any atom is 0.225 e. The van der Waals surface area contributed by atoms with E-state index in [-0.39, 0.29) is 5.92 Å². The number of hydrogen-bond acceptors (Lipinski definition) is 2. The van der Waals surface area contributed by atoms with E-state index in [9.17, 15) is 4.79 Å². The van der Waals surface area contributed by atoms with Crippen LogP contribution in [0.15, 0.2) is 0 Å². The van der Waals surface area contributed by atoms with Crippen LogP contribution in [0.1, 0.15) is 54.4 Å². The number of carbonyl (C=O) groups is 1. The molecule has 0 saturated carbocycles. The van der Waals surface area contributed by atoms with Crippen molar-refractivity contribution in [2.75, 3.05) is 19.6 Å². The second-order valence-corrected chi connectivity index (χ2v) is 7.47. The molecule has 1 saturated heterocycles. The number of nitrogens with one attached hydrogen (secondary N) is 1. The molecular formula is C17H34N2O. The Labute approximate surface area is 125 Å². The first-order valence-electron chi connectivity index (χ1n) is 8.33. The van der Waals surface area contributed by atoms with Gasteiger partial charge in [0.2, 0.25) is 5.91 Å². The average molecular weight is 282 g/mol. The number of amides is 1.